The number of aryl methyl sites for hydroxylation is 1. The first kappa shape index (κ1) is 45.0. The monoisotopic (exact) mass is 911 g/mol. The Bertz CT molecular complexity index is 3360. The van der Waals surface area contributed by atoms with Crippen LogP contribution in [0.25, 0.3) is 21.9 Å². The fourth-order valence-corrected chi connectivity index (χ4v) is 13.9. The number of rotatable bonds is 2. The van der Waals surface area contributed by atoms with E-state index in [0.29, 0.717) is 0 Å². The van der Waals surface area contributed by atoms with Gasteiger partial charge in [-0.15, -0.1) is 0 Å². The summed E-state index contributed by atoms with van der Waals surface area (Å²) in [5, 5.41) is 2.34. The van der Waals surface area contributed by atoms with Gasteiger partial charge in [-0.1, -0.05) is 140 Å². The van der Waals surface area contributed by atoms with Crippen LogP contribution in [0.4, 0.5) is 34.1 Å². The summed E-state index contributed by atoms with van der Waals surface area (Å²) >= 11 is 0. The van der Waals surface area contributed by atoms with Crippen molar-refractivity contribution >= 4 is 79.2 Å². The maximum atomic E-state index is 6.89. The van der Waals surface area contributed by atoms with Crippen LogP contribution in [0, 0.1) is 6.92 Å². The number of para-hydroxylation sites is 1. The van der Waals surface area contributed by atoms with Crippen molar-refractivity contribution < 1.29 is 4.42 Å². The molecule has 4 heteroatoms. The fourth-order valence-electron chi connectivity index (χ4n) is 13.9. The number of hydrogen-bond donors (Lipinski definition) is 0. The van der Waals surface area contributed by atoms with Crippen molar-refractivity contribution in [3.05, 3.63) is 136 Å². The molecule has 12 rings (SSSR count). The van der Waals surface area contributed by atoms with Crippen molar-refractivity contribution in [1.29, 1.82) is 0 Å². The first-order valence-corrected chi connectivity index (χ1v) is 26.4. The van der Waals surface area contributed by atoms with E-state index >= 15 is 0 Å². The minimum atomic E-state index is -0.121. The topological polar surface area (TPSA) is 19.6 Å². The lowest BCUT2D eigenvalue weighted by Gasteiger charge is -2.48. The number of hydrogen-bond acceptors (Lipinski definition) is 3. The van der Waals surface area contributed by atoms with E-state index in [1.54, 1.807) is 0 Å². The second-order valence-corrected chi connectivity index (χ2v) is 27.5. The highest BCUT2D eigenvalue weighted by Crippen LogP contribution is 2.55. The molecule has 354 valence electrons. The number of nitrogens with zero attached hydrogens (tertiary/aromatic N) is 2. The van der Waals surface area contributed by atoms with E-state index in [-0.39, 0.29) is 44.6 Å². The third kappa shape index (κ3) is 6.44. The Hall–Kier alpha value is -5.22. The van der Waals surface area contributed by atoms with Gasteiger partial charge in [0.2, 0.25) is 0 Å². The molecule has 6 aromatic carbocycles. The summed E-state index contributed by atoms with van der Waals surface area (Å²) in [7, 11) is 0. The van der Waals surface area contributed by atoms with Crippen LogP contribution < -0.4 is 26.2 Å². The lowest BCUT2D eigenvalue weighted by Crippen LogP contribution is -2.62. The normalized spacial score (nSPS) is 20.7. The van der Waals surface area contributed by atoms with Gasteiger partial charge in [-0.2, -0.15) is 0 Å². The SMILES string of the molecule is Cc1cc2c(cc1N1c3cc4c(cc3B3c5cc6c(cc5N(c5ccc7c(c5)C(C)(C)CCC7(C)C)c5cc(C(C)(C)C)cc1c53)C(C)(C)CCC6(C)C)oc1ccccc14)C(C)(C)CCC2(C)C. The molecule has 0 saturated heterocycles. The average Bonchev–Trinajstić information content (AvgIpc) is 3.64. The van der Waals surface area contributed by atoms with E-state index in [1.165, 1.54) is 144 Å². The third-order valence-electron chi connectivity index (χ3n) is 18.9. The Morgan fingerprint density at radius 1 is 0.435 bits per heavy atom. The molecule has 1 aromatic heterocycles. The summed E-state index contributed by atoms with van der Waals surface area (Å²) in [5.74, 6) is 0. The van der Waals surface area contributed by atoms with Crippen LogP contribution in [0.5, 0.6) is 0 Å². The highest BCUT2D eigenvalue weighted by Gasteiger charge is 2.49. The number of fused-ring (bicyclic) bond motifs is 10. The number of furan rings is 1. The van der Waals surface area contributed by atoms with Crippen LogP contribution in [0.2, 0.25) is 0 Å². The quantitative estimate of drug-likeness (QED) is 0.161. The molecule has 2 aliphatic heterocycles. The van der Waals surface area contributed by atoms with Crippen molar-refractivity contribution in [2.24, 2.45) is 0 Å². The molecule has 3 nitrogen and oxygen atoms in total. The van der Waals surface area contributed by atoms with Gasteiger partial charge in [-0.25, -0.2) is 0 Å². The van der Waals surface area contributed by atoms with E-state index in [9.17, 15) is 0 Å². The Kier molecular flexibility index (Phi) is 9.13. The second kappa shape index (κ2) is 14.0. The molecule has 3 heterocycles. The van der Waals surface area contributed by atoms with E-state index < -0.39 is 0 Å². The van der Waals surface area contributed by atoms with Crippen LogP contribution >= 0.6 is 0 Å². The molecule has 0 spiro atoms. The van der Waals surface area contributed by atoms with Gasteiger partial charge in [0.1, 0.15) is 11.2 Å². The van der Waals surface area contributed by atoms with Gasteiger partial charge in [-0.3, -0.25) is 0 Å². The molecule has 7 aromatic rings. The highest BCUT2D eigenvalue weighted by atomic mass is 16.3. The maximum Gasteiger partial charge on any atom is 0.252 e. The van der Waals surface area contributed by atoms with Gasteiger partial charge in [0, 0.05) is 44.9 Å². The van der Waals surface area contributed by atoms with Crippen molar-refractivity contribution in [2.45, 2.75) is 187 Å². The lowest BCUT2D eigenvalue weighted by molar-refractivity contribution is 0.332. The van der Waals surface area contributed by atoms with E-state index in [0.717, 1.165) is 11.2 Å². The van der Waals surface area contributed by atoms with Gasteiger partial charge >= 0.3 is 0 Å². The standard InChI is InChI=1S/C65H75BN2O/c1-38-29-44-47(64(13,14)27-25-61(44,7)8)35-51(38)68-52-33-42-41-19-17-18-20-56(41)69-57(42)37-50(52)66-49-34-46-48(65(15,16)28-26-63(46,11)12)36-53(49)67(54-30-39(59(2,3)4)31-55(68)58(54)66)40-21-22-43-45(32-40)62(9,10)24-23-60(43,5)6/h17-22,29-37H,23-28H2,1-16H3. The van der Waals surface area contributed by atoms with Gasteiger partial charge < -0.3 is 14.2 Å². The summed E-state index contributed by atoms with van der Waals surface area (Å²) in [6, 6.07) is 36.9. The van der Waals surface area contributed by atoms with Crippen LogP contribution in [0.1, 0.15) is 187 Å². The zero-order chi connectivity index (χ0) is 48.9. The van der Waals surface area contributed by atoms with Crippen molar-refractivity contribution in [1.82, 2.24) is 0 Å². The zero-order valence-corrected chi connectivity index (χ0v) is 44.8. The van der Waals surface area contributed by atoms with Gasteiger partial charge in [0.15, 0.2) is 0 Å². The Labute approximate surface area is 414 Å². The van der Waals surface area contributed by atoms with E-state index in [2.05, 4.69) is 212 Å². The largest absolute Gasteiger partial charge is 0.456 e. The predicted molar refractivity (Wildman–Crippen MR) is 297 cm³/mol. The highest BCUT2D eigenvalue weighted by molar-refractivity contribution is 7.00. The molecule has 0 bridgehead atoms. The molecule has 69 heavy (non-hydrogen) atoms. The van der Waals surface area contributed by atoms with Crippen molar-refractivity contribution in [3.8, 4) is 0 Å². The summed E-state index contributed by atoms with van der Waals surface area (Å²) < 4.78 is 6.89. The first-order chi connectivity index (χ1) is 32.2. The maximum absolute atomic E-state index is 6.89. The Morgan fingerprint density at radius 2 is 0.913 bits per heavy atom. The van der Waals surface area contributed by atoms with Crippen LogP contribution in [-0.2, 0) is 37.9 Å². The molecule has 0 amide bonds. The van der Waals surface area contributed by atoms with E-state index in [1.807, 2.05) is 0 Å². The van der Waals surface area contributed by atoms with Crippen molar-refractivity contribution in [2.75, 3.05) is 9.80 Å². The minimum absolute atomic E-state index is 0.0217. The Balaban J connectivity index is 1.25. The van der Waals surface area contributed by atoms with Crippen molar-refractivity contribution in [3.63, 3.8) is 0 Å². The summed E-state index contributed by atoms with van der Waals surface area (Å²) in [5.41, 5.74) is 25.7. The molecule has 5 aliphatic rings. The molecule has 0 unspecified atom stereocenters. The minimum Gasteiger partial charge on any atom is -0.456 e. The molecule has 0 fully saturated rings. The molecule has 0 N–H and O–H groups in total. The molecule has 3 aliphatic carbocycles. The van der Waals surface area contributed by atoms with Crippen LogP contribution in [0.3, 0.4) is 0 Å². The number of anilines is 6. The first-order valence-electron chi connectivity index (χ1n) is 26.4. The molecule has 0 atom stereocenters. The van der Waals surface area contributed by atoms with Gasteiger partial charge in [0.05, 0.1) is 0 Å². The second-order valence-electron chi connectivity index (χ2n) is 27.5. The van der Waals surface area contributed by atoms with Gasteiger partial charge in [0.25, 0.3) is 6.71 Å². The van der Waals surface area contributed by atoms with Gasteiger partial charge in [-0.05, 0) is 199 Å². The molecule has 0 radical (unpaired) electrons. The lowest BCUT2D eigenvalue weighted by atomic mass is 9.33. The predicted octanol–water partition coefficient (Wildman–Crippen LogP) is 16.3. The summed E-state index contributed by atoms with van der Waals surface area (Å²) in [6.45, 7) is 39.3. The number of benzene rings is 6. The molecular weight excluding hydrogens is 836 g/mol. The average molecular weight is 911 g/mol. The van der Waals surface area contributed by atoms with Crippen LogP contribution in [-0.4, -0.2) is 6.71 Å². The van der Waals surface area contributed by atoms with Crippen LogP contribution in [0.15, 0.2) is 95.4 Å². The summed E-state index contributed by atoms with van der Waals surface area (Å²) in [4.78, 5) is 5.44. The molecular formula is C65H75BN2O. The summed E-state index contributed by atoms with van der Waals surface area (Å²) in [6.07, 6.45) is 7.07. The smallest absolute Gasteiger partial charge is 0.252 e. The molecule has 0 saturated carbocycles. The zero-order valence-electron chi connectivity index (χ0n) is 44.8. The third-order valence-corrected chi connectivity index (χ3v) is 18.9. The fraction of sp³-hybridized carbons (Fsp3) is 0.446. The van der Waals surface area contributed by atoms with E-state index in [4.69, 9.17) is 4.42 Å². The Morgan fingerprint density at radius 3 is 1.51 bits per heavy atom.